The normalized spacial score (nSPS) is 20.0. The molecule has 2 heterocycles. The van der Waals surface area contributed by atoms with E-state index in [1.54, 1.807) is 29.1 Å². The number of aromatic nitrogens is 2. The van der Waals surface area contributed by atoms with Gasteiger partial charge in [-0.3, -0.25) is 14.3 Å². The van der Waals surface area contributed by atoms with E-state index >= 15 is 0 Å². The van der Waals surface area contributed by atoms with E-state index in [0.717, 1.165) is 11.3 Å². The number of aliphatic carboxylic acids is 1. The van der Waals surface area contributed by atoms with Crippen LogP contribution >= 0.6 is 0 Å². The number of benzene rings is 1. The van der Waals surface area contributed by atoms with Crippen molar-refractivity contribution >= 4 is 11.9 Å². The van der Waals surface area contributed by atoms with Crippen molar-refractivity contribution in [2.45, 2.75) is 32.4 Å². The predicted molar refractivity (Wildman–Crippen MR) is 95.2 cm³/mol. The maximum absolute atomic E-state index is 12.8. The first-order valence-corrected chi connectivity index (χ1v) is 8.67. The number of likely N-dealkylation sites (tertiary alicyclic amines) is 1. The molecule has 7 nitrogen and oxygen atoms in total. The summed E-state index contributed by atoms with van der Waals surface area (Å²) >= 11 is 0. The van der Waals surface area contributed by atoms with Gasteiger partial charge >= 0.3 is 5.97 Å². The maximum atomic E-state index is 12.8. The molecule has 0 bridgehead atoms. The minimum Gasteiger partial charge on any atom is -0.497 e. The Morgan fingerprint density at radius 1 is 1.27 bits per heavy atom. The minimum absolute atomic E-state index is 0.0306. The third kappa shape index (κ3) is 3.87. The van der Waals surface area contributed by atoms with Crippen LogP contribution in [0.5, 0.6) is 5.75 Å². The van der Waals surface area contributed by atoms with E-state index in [0.29, 0.717) is 24.9 Å². The molecule has 2 unspecified atom stereocenters. The molecule has 0 aliphatic carbocycles. The molecule has 0 saturated carbocycles. The summed E-state index contributed by atoms with van der Waals surface area (Å²) in [5.41, 5.74) is 1.53. The molecular formula is C19H23N3O4. The van der Waals surface area contributed by atoms with Crippen LogP contribution in [-0.4, -0.2) is 51.4 Å². The fourth-order valence-corrected chi connectivity index (χ4v) is 3.24. The lowest BCUT2D eigenvalue weighted by Gasteiger charge is -2.36. The first-order chi connectivity index (χ1) is 12.5. The highest BCUT2D eigenvalue weighted by Gasteiger charge is 2.33. The van der Waals surface area contributed by atoms with E-state index in [2.05, 4.69) is 5.10 Å². The van der Waals surface area contributed by atoms with Crippen LogP contribution in [0.25, 0.3) is 0 Å². The molecule has 2 atom stereocenters. The number of piperidine rings is 1. The topological polar surface area (TPSA) is 84.7 Å². The number of carboxylic acid groups (broad SMARTS) is 1. The largest absolute Gasteiger partial charge is 0.497 e. The van der Waals surface area contributed by atoms with Crippen molar-refractivity contribution in [2.75, 3.05) is 13.7 Å². The molecule has 1 aliphatic heterocycles. The van der Waals surface area contributed by atoms with Crippen LogP contribution in [0.4, 0.5) is 0 Å². The second kappa shape index (κ2) is 7.59. The third-order valence-corrected chi connectivity index (χ3v) is 4.88. The molecule has 2 aromatic rings. The van der Waals surface area contributed by atoms with Crippen molar-refractivity contribution in [3.8, 4) is 5.75 Å². The lowest BCUT2D eigenvalue weighted by Crippen LogP contribution is -2.47. The molecule has 1 N–H and O–H groups in total. The molecule has 1 saturated heterocycles. The lowest BCUT2D eigenvalue weighted by molar-refractivity contribution is -0.143. The third-order valence-electron chi connectivity index (χ3n) is 4.88. The minimum atomic E-state index is -0.843. The SMILES string of the molecule is COc1ccc(Cn2cc(C(=O)N3CC(C(=O)O)CCC3C)cn2)cc1. The standard InChI is InChI=1S/C19H23N3O4/c1-13-3-6-15(19(24)25)12-22(13)18(23)16-9-20-21(11-16)10-14-4-7-17(26-2)8-5-14/h4-5,7-9,11,13,15H,3,6,10,12H2,1-2H3,(H,24,25). The summed E-state index contributed by atoms with van der Waals surface area (Å²) in [7, 11) is 1.62. The summed E-state index contributed by atoms with van der Waals surface area (Å²) in [4.78, 5) is 25.7. The molecule has 26 heavy (non-hydrogen) atoms. The summed E-state index contributed by atoms with van der Waals surface area (Å²) in [6, 6.07) is 7.69. The van der Waals surface area contributed by atoms with Crippen LogP contribution in [0.15, 0.2) is 36.7 Å². The zero-order valence-electron chi connectivity index (χ0n) is 15.0. The number of nitrogens with zero attached hydrogens (tertiary/aromatic N) is 3. The fraction of sp³-hybridized carbons (Fsp3) is 0.421. The van der Waals surface area contributed by atoms with Crippen LogP contribution < -0.4 is 4.74 Å². The smallest absolute Gasteiger partial charge is 0.308 e. The van der Waals surface area contributed by atoms with Gasteiger partial charge in [-0.15, -0.1) is 0 Å². The first-order valence-electron chi connectivity index (χ1n) is 8.67. The first kappa shape index (κ1) is 18.0. The number of amides is 1. The van der Waals surface area contributed by atoms with E-state index in [1.807, 2.05) is 31.2 Å². The van der Waals surface area contributed by atoms with Gasteiger partial charge in [-0.25, -0.2) is 0 Å². The maximum Gasteiger partial charge on any atom is 0.308 e. The van der Waals surface area contributed by atoms with Crippen LogP contribution in [0, 0.1) is 5.92 Å². The van der Waals surface area contributed by atoms with Gasteiger partial charge in [0.2, 0.25) is 0 Å². The predicted octanol–water partition coefficient (Wildman–Crippen LogP) is 2.27. The zero-order valence-corrected chi connectivity index (χ0v) is 15.0. The van der Waals surface area contributed by atoms with Crippen molar-refractivity contribution in [1.29, 1.82) is 0 Å². The number of hydrogen-bond donors (Lipinski definition) is 1. The average Bonchev–Trinajstić information content (AvgIpc) is 3.10. The van der Waals surface area contributed by atoms with Crippen LogP contribution in [0.2, 0.25) is 0 Å². The van der Waals surface area contributed by atoms with Gasteiger partial charge in [-0.2, -0.15) is 5.10 Å². The van der Waals surface area contributed by atoms with Gasteiger partial charge in [0.15, 0.2) is 0 Å². The Morgan fingerprint density at radius 2 is 2.00 bits per heavy atom. The van der Waals surface area contributed by atoms with Gasteiger partial charge in [-0.1, -0.05) is 12.1 Å². The second-order valence-electron chi connectivity index (χ2n) is 6.69. The summed E-state index contributed by atoms with van der Waals surface area (Å²) < 4.78 is 6.85. The highest BCUT2D eigenvalue weighted by Crippen LogP contribution is 2.24. The Bertz CT molecular complexity index is 784. The summed E-state index contributed by atoms with van der Waals surface area (Å²) in [5.74, 6) is -0.712. The van der Waals surface area contributed by atoms with Crippen LogP contribution in [0.3, 0.4) is 0 Å². The van der Waals surface area contributed by atoms with Crippen molar-refractivity contribution < 1.29 is 19.4 Å². The lowest BCUT2D eigenvalue weighted by atomic mass is 9.93. The average molecular weight is 357 g/mol. The Balaban J connectivity index is 1.69. The molecule has 138 valence electrons. The summed E-state index contributed by atoms with van der Waals surface area (Å²) in [6.45, 7) is 2.75. The van der Waals surface area contributed by atoms with E-state index in [4.69, 9.17) is 4.74 Å². The van der Waals surface area contributed by atoms with Gasteiger partial charge in [0.25, 0.3) is 5.91 Å². The Morgan fingerprint density at radius 3 is 2.65 bits per heavy atom. The number of carboxylic acids is 1. The Labute approximate surface area is 152 Å². The quantitative estimate of drug-likeness (QED) is 0.887. The number of hydrogen-bond acceptors (Lipinski definition) is 4. The van der Waals surface area contributed by atoms with Crippen LogP contribution in [0.1, 0.15) is 35.7 Å². The van der Waals surface area contributed by atoms with Crippen molar-refractivity contribution in [1.82, 2.24) is 14.7 Å². The van der Waals surface area contributed by atoms with Gasteiger partial charge in [-0.05, 0) is 37.5 Å². The molecule has 7 heteroatoms. The number of carbonyl (C=O) groups is 2. The monoisotopic (exact) mass is 357 g/mol. The van der Waals surface area contributed by atoms with E-state index < -0.39 is 11.9 Å². The molecular weight excluding hydrogens is 334 g/mol. The van der Waals surface area contributed by atoms with Crippen LogP contribution in [-0.2, 0) is 11.3 Å². The Hall–Kier alpha value is -2.83. The fourth-order valence-electron chi connectivity index (χ4n) is 3.24. The van der Waals surface area contributed by atoms with Crippen molar-refractivity contribution in [2.24, 2.45) is 5.92 Å². The highest BCUT2D eigenvalue weighted by atomic mass is 16.5. The summed E-state index contributed by atoms with van der Waals surface area (Å²) in [6.07, 6.45) is 4.56. The van der Waals surface area contributed by atoms with Gasteiger partial charge in [0.1, 0.15) is 5.75 Å². The van der Waals surface area contributed by atoms with E-state index in [1.165, 1.54) is 0 Å². The van der Waals surface area contributed by atoms with E-state index in [-0.39, 0.29) is 18.5 Å². The second-order valence-corrected chi connectivity index (χ2v) is 6.69. The van der Waals surface area contributed by atoms with Gasteiger partial charge in [0.05, 0.1) is 31.3 Å². The molecule has 1 aliphatic rings. The van der Waals surface area contributed by atoms with Gasteiger partial charge in [0, 0.05) is 18.8 Å². The zero-order chi connectivity index (χ0) is 18.7. The molecule has 0 radical (unpaired) electrons. The number of carbonyl (C=O) groups excluding carboxylic acids is 1. The molecule has 1 aromatic carbocycles. The number of rotatable bonds is 5. The highest BCUT2D eigenvalue weighted by molar-refractivity contribution is 5.94. The number of ether oxygens (including phenoxy) is 1. The molecule has 3 rings (SSSR count). The molecule has 0 spiro atoms. The summed E-state index contributed by atoms with van der Waals surface area (Å²) in [5, 5.41) is 13.5. The molecule has 1 fully saturated rings. The molecule has 1 aromatic heterocycles. The Kier molecular flexibility index (Phi) is 5.25. The number of methoxy groups -OCH3 is 1. The van der Waals surface area contributed by atoms with E-state index in [9.17, 15) is 14.7 Å². The molecule has 1 amide bonds. The van der Waals surface area contributed by atoms with Gasteiger partial charge < -0.3 is 14.7 Å². The van der Waals surface area contributed by atoms with Crippen molar-refractivity contribution in [3.63, 3.8) is 0 Å². The van der Waals surface area contributed by atoms with Crippen molar-refractivity contribution in [3.05, 3.63) is 47.8 Å².